The van der Waals surface area contributed by atoms with Crippen molar-refractivity contribution in [1.82, 2.24) is 10.6 Å². The topological polar surface area (TPSA) is 54.9 Å². The van der Waals surface area contributed by atoms with Gasteiger partial charge >= 0.3 is 0 Å². The lowest BCUT2D eigenvalue weighted by Gasteiger charge is -2.20. The van der Waals surface area contributed by atoms with Gasteiger partial charge in [0, 0.05) is 20.6 Å². The van der Waals surface area contributed by atoms with Crippen LogP contribution in [0, 0.1) is 0 Å². The van der Waals surface area contributed by atoms with Gasteiger partial charge in [-0.15, -0.1) is 0 Å². The van der Waals surface area contributed by atoms with E-state index in [1.807, 2.05) is 19.2 Å². The number of hydrogen-bond donors (Lipinski definition) is 2. The maximum atomic E-state index is 6.15. The van der Waals surface area contributed by atoms with Crippen LogP contribution in [0.25, 0.3) is 0 Å². The minimum absolute atomic E-state index is 0.538. The van der Waals surface area contributed by atoms with Gasteiger partial charge in [0.2, 0.25) is 0 Å². The van der Waals surface area contributed by atoms with E-state index in [2.05, 4.69) is 15.6 Å². The van der Waals surface area contributed by atoms with Gasteiger partial charge in [0.25, 0.3) is 0 Å². The highest BCUT2D eigenvalue weighted by atomic mass is 35.5. The molecule has 0 spiro atoms. The molecule has 1 aliphatic heterocycles. The van der Waals surface area contributed by atoms with Crippen LogP contribution in [0.15, 0.2) is 17.1 Å². The van der Waals surface area contributed by atoms with E-state index in [9.17, 15) is 0 Å². The standard InChI is InChI=1S/C12H16ClN3O2/c1-14-12(15-2)16-7-8-5-9(13)11-10(6-8)17-3-4-18-11/h5-6H,3-4,7H2,1-2H3,(H2,14,15,16). The highest BCUT2D eigenvalue weighted by Crippen LogP contribution is 2.38. The molecule has 0 radical (unpaired) electrons. The average Bonchev–Trinajstić information content (AvgIpc) is 2.40. The van der Waals surface area contributed by atoms with E-state index < -0.39 is 0 Å². The summed E-state index contributed by atoms with van der Waals surface area (Å²) in [4.78, 5) is 4.04. The lowest BCUT2D eigenvalue weighted by molar-refractivity contribution is 0.171. The predicted octanol–water partition coefficient (Wildman–Crippen LogP) is 1.41. The minimum atomic E-state index is 0.538. The Balaban J connectivity index is 2.12. The molecule has 0 fully saturated rings. The van der Waals surface area contributed by atoms with Crippen molar-refractivity contribution in [2.45, 2.75) is 6.54 Å². The first-order valence-corrected chi connectivity index (χ1v) is 6.09. The van der Waals surface area contributed by atoms with Crippen LogP contribution in [0.3, 0.4) is 0 Å². The van der Waals surface area contributed by atoms with Gasteiger partial charge in [-0.25, -0.2) is 0 Å². The summed E-state index contributed by atoms with van der Waals surface area (Å²) in [5.41, 5.74) is 1.01. The monoisotopic (exact) mass is 269 g/mol. The van der Waals surface area contributed by atoms with E-state index in [1.165, 1.54) is 0 Å². The van der Waals surface area contributed by atoms with Crippen LogP contribution in [-0.2, 0) is 6.54 Å². The number of fused-ring (bicyclic) bond motifs is 1. The van der Waals surface area contributed by atoms with Crippen LogP contribution in [0.4, 0.5) is 0 Å². The first-order valence-electron chi connectivity index (χ1n) is 5.71. The summed E-state index contributed by atoms with van der Waals surface area (Å²) in [6.07, 6.45) is 0. The lowest BCUT2D eigenvalue weighted by atomic mass is 10.2. The summed E-state index contributed by atoms with van der Waals surface area (Å²) >= 11 is 6.15. The third-order valence-electron chi connectivity index (χ3n) is 2.58. The van der Waals surface area contributed by atoms with Crippen molar-refractivity contribution in [2.24, 2.45) is 4.99 Å². The molecule has 1 heterocycles. The zero-order valence-corrected chi connectivity index (χ0v) is 11.2. The van der Waals surface area contributed by atoms with Gasteiger partial charge in [-0.2, -0.15) is 0 Å². The van der Waals surface area contributed by atoms with E-state index in [1.54, 1.807) is 7.05 Å². The predicted molar refractivity (Wildman–Crippen MR) is 71.7 cm³/mol. The summed E-state index contributed by atoms with van der Waals surface area (Å²) in [6, 6.07) is 3.79. The molecule has 5 nitrogen and oxygen atoms in total. The second-order valence-corrected chi connectivity index (χ2v) is 4.18. The second-order valence-electron chi connectivity index (χ2n) is 3.78. The van der Waals surface area contributed by atoms with Crippen molar-refractivity contribution < 1.29 is 9.47 Å². The van der Waals surface area contributed by atoms with Gasteiger partial charge in [-0.05, 0) is 17.7 Å². The van der Waals surface area contributed by atoms with Crippen LogP contribution >= 0.6 is 11.6 Å². The molecule has 0 bridgehead atoms. The molecule has 1 aromatic rings. The van der Waals surface area contributed by atoms with Gasteiger partial charge in [-0.3, -0.25) is 4.99 Å². The molecular formula is C12H16ClN3O2. The molecule has 0 aliphatic carbocycles. The molecular weight excluding hydrogens is 254 g/mol. The fourth-order valence-corrected chi connectivity index (χ4v) is 2.02. The van der Waals surface area contributed by atoms with Crippen LogP contribution in [0.5, 0.6) is 11.5 Å². The Morgan fingerprint density at radius 3 is 2.89 bits per heavy atom. The molecule has 0 amide bonds. The SMILES string of the molecule is CN=C(NC)NCc1cc(Cl)c2c(c1)OCCO2. The van der Waals surface area contributed by atoms with E-state index in [-0.39, 0.29) is 0 Å². The van der Waals surface area contributed by atoms with Crippen molar-refractivity contribution in [1.29, 1.82) is 0 Å². The molecule has 1 aromatic carbocycles. The van der Waals surface area contributed by atoms with Gasteiger partial charge in [0.1, 0.15) is 13.2 Å². The first kappa shape index (κ1) is 12.8. The van der Waals surface area contributed by atoms with Crippen LogP contribution in [0.1, 0.15) is 5.56 Å². The Morgan fingerprint density at radius 1 is 1.39 bits per heavy atom. The highest BCUT2D eigenvalue weighted by Gasteiger charge is 2.16. The molecule has 0 saturated heterocycles. The molecule has 1 aliphatic rings. The highest BCUT2D eigenvalue weighted by molar-refractivity contribution is 6.32. The summed E-state index contributed by atoms with van der Waals surface area (Å²) in [6.45, 7) is 1.71. The minimum Gasteiger partial charge on any atom is -0.486 e. The molecule has 0 unspecified atom stereocenters. The zero-order chi connectivity index (χ0) is 13.0. The molecule has 0 saturated carbocycles. The van der Waals surface area contributed by atoms with Crippen molar-refractivity contribution in [3.8, 4) is 11.5 Å². The summed E-state index contributed by atoms with van der Waals surface area (Å²) in [7, 11) is 3.53. The van der Waals surface area contributed by atoms with E-state index in [0.717, 1.165) is 11.5 Å². The van der Waals surface area contributed by atoms with Crippen molar-refractivity contribution in [3.63, 3.8) is 0 Å². The summed E-state index contributed by atoms with van der Waals surface area (Å²) < 4.78 is 11.0. The zero-order valence-electron chi connectivity index (χ0n) is 10.4. The number of rotatable bonds is 2. The van der Waals surface area contributed by atoms with Gasteiger partial charge in [-0.1, -0.05) is 11.6 Å². The molecule has 6 heteroatoms. The Kier molecular flexibility index (Phi) is 4.15. The summed E-state index contributed by atoms with van der Waals surface area (Å²) in [5.74, 6) is 2.05. The largest absolute Gasteiger partial charge is 0.486 e. The number of ether oxygens (including phenoxy) is 2. The molecule has 18 heavy (non-hydrogen) atoms. The third-order valence-corrected chi connectivity index (χ3v) is 2.86. The van der Waals surface area contributed by atoms with Crippen molar-refractivity contribution in [3.05, 3.63) is 22.7 Å². The number of guanidine groups is 1. The Morgan fingerprint density at radius 2 is 2.17 bits per heavy atom. The quantitative estimate of drug-likeness (QED) is 0.630. The van der Waals surface area contributed by atoms with Gasteiger partial charge in [0.15, 0.2) is 17.5 Å². The number of hydrogen-bond acceptors (Lipinski definition) is 3. The van der Waals surface area contributed by atoms with Crippen LogP contribution < -0.4 is 20.1 Å². The van der Waals surface area contributed by atoms with Gasteiger partial charge < -0.3 is 20.1 Å². The number of benzene rings is 1. The van der Waals surface area contributed by atoms with Gasteiger partial charge in [0.05, 0.1) is 5.02 Å². The smallest absolute Gasteiger partial charge is 0.190 e. The molecule has 2 rings (SSSR count). The molecule has 2 N–H and O–H groups in total. The number of nitrogens with zero attached hydrogens (tertiary/aromatic N) is 1. The summed E-state index contributed by atoms with van der Waals surface area (Å²) in [5, 5.41) is 6.67. The maximum absolute atomic E-state index is 6.15. The molecule has 0 atom stereocenters. The van der Waals surface area contributed by atoms with E-state index in [4.69, 9.17) is 21.1 Å². The number of halogens is 1. The lowest BCUT2D eigenvalue weighted by Crippen LogP contribution is -2.34. The van der Waals surface area contributed by atoms with Crippen LogP contribution in [0.2, 0.25) is 5.02 Å². The fraction of sp³-hybridized carbons (Fsp3) is 0.417. The normalized spacial score (nSPS) is 14.3. The third kappa shape index (κ3) is 2.79. The first-order chi connectivity index (χ1) is 8.74. The van der Waals surface area contributed by atoms with E-state index >= 15 is 0 Å². The fourth-order valence-electron chi connectivity index (χ4n) is 1.73. The van der Waals surface area contributed by atoms with Crippen molar-refractivity contribution in [2.75, 3.05) is 27.3 Å². The number of nitrogens with one attached hydrogen (secondary N) is 2. The maximum Gasteiger partial charge on any atom is 0.190 e. The molecule has 98 valence electrons. The van der Waals surface area contributed by atoms with Crippen molar-refractivity contribution >= 4 is 17.6 Å². The number of aliphatic imine (C=N–C) groups is 1. The Hall–Kier alpha value is -1.62. The Bertz CT molecular complexity index is 463. The van der Waals surface area contributed by atoms with Crippen LogP contribution in [-0.4, -0.2) is 33.3 Å². The Labute approximate surface area is 111 Å². The van der Waals surface area contributed by atoms with E-state index in [0.29, 0.717) is 36.3 Å². The average molecular weight is 270 g/mol. The molecule has 0 aromatic heterocycles. The second kappa shape index (κ2) is 5.82.